The number of aromatic nitrogens is 1. The van der Waals surface area contributed by atoms with E-state index in [1.54, 1.807) is 6.07 Å². The Balaban J connectivity index is 3.41. The van der Waals surface area contributed by atoms with E-state index in [-0.39, 0.29) is 16.0 Å². The van der Waals surface area contributed by atoms with Crippen molar-refractivity contribution in [1.82, 2.24) is 4.98 Å². The zero-order chi connectivity index (χ0) is 10.0. The third kappa shape index (κ3) is 1.92. The Morgan fingerprint density at radius 1 is 1.62 bits per heavy atom. The lowest BCUT2D eigenvalue weighted by atomic mass is 10.2. The predicted molar refractivity (Wildman–Crippen MR) is 46.0 cm³/mol. The first kappa shape index (κ1) is 9.86. The van der Waals surface area contributed by atoms with Gasteiger partial charge in [0.1, 0.15) is 10.7 Å². The molecule has 0 saturated carbocycles. The minimum Gasteiger partial charge on any atom is -0.398 e. The van der Waals surface area contributed by atoms with Crippen molar-refractivity contribution in [3.8, 4) is 6.07 Å². The second-order valence-corrected chi connectivity index (χ2v) is 3.02. The van der Waals surface area contributed by atoms with E-state index in [9.17, 15) is 8.78 Å². The first-order valence-electron chi connectivity index (χ1n) is 3.20. The Hall–Kier alpha value is -1.22. The molecule has 0 radical (unpaired) electrons. The zero-order valence-electron chi connectivity index (χ0n) is 6.26. The van der Waals surface area contributed by atoms with Crippen LogP contribution in [0, 0.1) is 11.3 Å². The number of nitrogens with two attached hydrogens (primary N) is 1. The van der Waals surface area contributed by atoms with Gasteiger partial charge >= 0.3 is 0 Å². The number of nitrogen functional groups attached to an aromatic ring is 1. The van der Waals surface area contributed by atoms with Crippen molar-refractivity contribution in [2.75, 3.05) is 5.73 Å². The fraction of sp³-hybridized carbons (Fsp3) is 0.143. The summed E-state index contributed by atoms with van der Waals surface area (Å²) in [5.41, 5.74) is 4.31. The van der Waals surface area contributed by atoms with Crippen molar-refractivity contribution in [3.63, 3.8) is 0 Å². The van der Waals surface area contributed by atoms with E-state index in [4.69, 9.17) is 11.0 Å². The number of anilines is 1. The molecule has 0 aliphatic carbocycles. The van der Waals surface area contributed by atoms with E-state index in [0.29, 0.717) is 0 Å². The number of hydrogen-bond donors (Lipinski definition) is 1. The van der Waals surface area contributed by atoms with Gasteiger partial charge in [-0.3, -0.25) is 0 Å². The smallest absolute Gasteiger partial charge is 0.268 e. The molecule has 0 aliphatic heterocycles. The highest BCUT2D eigenvalue weighted by Crippen LogP contribution is 2.29. The molecule has 1 heterocycles. The Bertz CT molecular complexity index is 373. The maximum Gasteiger partial charge on any atom is 0.268 e. The summed E-state index contributed by atoms with van der Waals surface area (Å²) >= 11 is 2.95. The number of alkyl halides is 2. The minimum absolute atomic E-state index is 0.131. The summed E-state index contributed by atoms with van der Waals surface area (Å²) in [4.78, 5) is 3.57. The maximum atomic E-state index is 12.3. The van der Waals surface area contributed by atoms with Crippen molar-refractivity contribution in [2.24, 2.45) is 0 Å². The van der Waals surface area contributed by atoms with Crippen molar-refractivity contribution in [1.29, 1.82) is 5.26 Å². The fourth-order valence-corrected chi connectivity index (χ4v) is 1.28. The van der Waals surface area contributed by atoms with E-state index in [0.717, 1.165) is 0 Å². The van der Waals surface area contributed by atoms with Gasteiger partial charge in [-0.25, -0.2) is 13.8 Å². The Morgan fingerprint density at radius 3 is 2.69 bits per heavy atom. The van der Waals surface area contributed by atoms with Crippen LogP contribution in [-0.4, -0.2) is 4.98 Å². The van der Waals surface area contributed by atoms with Gasteiger partial charge in [-0.2, -0.15) is 5.26 Å². The summed E-state index contributed by atoms with van der Waals surface area (Å²) in [5.74, 6) is 0. The van der Waals surface area contributed by atoms with E-state index >= 15 is 0 Å². The van der Waals surface area contributed by atoms with Crippen LogP contribution in [0.2, 0.25) is 0 Å². The standard InChI is InChI=1S/C7H4BrF2N3/c8-5-1-3(12)6(7(9)10)4(2-11)13-5/h1,7H,(H2,12,13). The van der Waals surface area contributed by atoms with Crippen LogP contribution < -0.4 is 5.73 Å². The summed E-state index contributed by atoms with van der Waals surface area (Å²) in [6, 6.07) is 2.80. The highest BCUT2D eigenvalue weighted by Gasteiger charge is 2.18. The maximum absolute atomic E-state index is 12.3. The summed E-state index contributed by atoms with van der Waals surface area (Å²) < 4.78 is 24.9. The third-order valence-electron chi connectivity index (χ3n) is 1.38. The fourth-order valence-electron chi connectivity index (χ4n) is 0.857. The van der Waals surface area contributed by atoms with Gasteiger partial charge in [0.25, 0.3) is 6.43 Å². The lowest BCUT2D eigenvalue weighted by Gasteiger charge is -2.05. The normalized spacial score (nSPS) is 10.1. The molecule has 1 aromatic heterocycles. The molecule has 3 nitrogen and oxygen atoms in total. The van der Waals surface area contributed by atoms with Gasteiger partial charge < -0.3 is 5.73 Å². The van der Waals surface area contributed by atoms with E-state index in [1.165, 1.54) is 6.07 Å². The van der Waals surface area contributed by atoms with Gasteiger partial charge in [0.15, 0.2) is 5.69 Å². The molecular formula is C7H4BrF2N3. The predicted octanol–water partition coefficient (Wildman–Crippen LogP) is 2.24. The molecule has 6 heteroatoms. The largest absolute Gasteiger partial charge is 0.398 e. The monoisotopic (exact) mass is 247 g/mol. The molecule has 0 aliphatic rings. The van der Waals surface area contributed by atoms with Gasteiger partial charge in [0.05, 0.1) is 5.56 Å². The summed E-state index contributed by atoms with van der Waals surface area (Å²) in [5, 5.41) is 8.49. The third-order valence-corrected chi connectivity index (χ3v) is 1.79. The quantitative estimate of drug-likeness (QED) is 0.775. The second-order valence-electron chi connectivity index (χ2n) is 2.21. The summed E-state index contributed by atoms with van der Waals surface area (Å²) in [7, 11) is 0. The van der Waals surface area contributed by atoms with Crippen LogP contribution in [0.25, 0.3) is 0 Å². The van der Waals surface area contributed by atoms with Crippen molar-refractivity contribution in [2.45, 2.75) is 6.43 Å². The Labute approximate surface area is 81.3 Å². The lowest BCUT2D eigenvalue weighted by molar-refractivity contribution is 0.151. The van der Waals surface area contributed by atoms with Crippen molar-refractivity contribution < 1.29 is 8.78 Å². The second kappa shape index (κ2) is 3.66. The van der Waals surface area contributed by atoms with Crippen molar-refractivity contribution >= 4 is 21.6 Å². The van der Waals surface area contributed by atoms with Crippen LogP contribution in [0.4, 0.5) is 14.5 Å². The molecule has 68 valence electrons. The molecule has 0 spiro atoms. The van der Waals surface area contributed by atoms with Crippen LogP contribution in [0.5, 0.6) is 0 Å². The Morgan fingerprint density at radius 2 is 2.23 bits per heavy atom. The molecule has 1 rings (SSSR count). The van der Waals surface area contributed by atoms with Crippen LogP contribution in [0.1, 0.15) is 17.7 Å². The van der Waals surface area contributed by atoms with Crippen LogP contribution in [-0.2, 0) is 0 Å². The molecule has 0 aromatic carbocycles. The highest BCUT2D eigenvalue weighted by molar-refractivity contribution is 9.10. The van der Waals surface area contributed by atoms with Crippen LogP contribution in [0.3, 0.4) is 0 Å². The number of halogens is 3. The van der Waals surface area contributed by atoms with Gasteiger partial charge in [0, 0.05) is 5.69 Å². The molecule has 2 N–H and O–H groups in total. The number of nitrogens with zero attached hydrogens (tertiary/aromatic N) is 2. The summed E-state index contributed by atoms with van der Waals surface area (Å²) in [6.07, 6.45) is -2.78. The lowest BCUT2D eigenvalue weighted by Crippen LogP contribution is -2.01. The topological polar surface area (TPSA) is 62.7 Å². The van der Waals surface area contributed by atoms with E-state index in [1.807, 2.05) is 0 Å². The molecule has 0 fully saturated rings. The van der Waals surface area contributed by atoms with Gasteiger partial charge in [-0.05, 0) is 22.0 Å². The van der Waals surface area contributed by atoms with Crippen LogP contribution >= 0.6 is 15.9 Å². The number of pyridine rings is 1. The number of hydrogen-bond acceptors (Lipinski definition) is 3. The number of nitriles is 1. The highest BCUT2D eigenvalue weighted by atomic mass is 79.9. The van der Waals surface area contributed by atoms with E-state index < -0.39 is 12.0 Å². The molecule has 0 amide bonds. The Kier molecular flexibility index (Phi) is 2.78. The molecule has 1 aromatic rings. The number of rotatable bonds is 1. The van der Waals surface area contributed by atoms with E-state index in [2.05, 4.69) is 20.9 Å². The molecule has 0 unspecified atom stereocenters. The minimum atomic E-state index is -2.78. The van der Waals surface area contributed by atoms with Gasteiger partial charge in [-0.15, -0.1) is 0 Å². The zero-order valence-corrected chi connectivity index (χ0v) is 7.85. The van der Waals surface area contributed by atoms with Crippen molar-refractivity contribution in [3.05, 3.63) is 21.9 Å². The first-order valence-corrected chi connectivity index (χ1v) is 3.99. The van der Waals surface area contributed by atoms with Gasteiger partial charge in [0.2, 0.25) is 0 Å². The molecular weight excluding hydrogens is 244 g/mol. The molecule has 0 bridgehead atoms. The molecule has 0 saturated heterocycles. The van der Waals surface area contributed by atoms with Crippen LogP contribution in [0.15, 0.2) is 10.7 Å². The average Bonchev–Trinajstić information content (AvgIpc) is 2.01. The molecule has 0 atom stereocenters. The average molecular weight is 248 g/mol. The SMILES string of the molecule is N#Cc1nc(Br)cc(N)c1C(F)F. The first-order chi connectivity index (χ1) is 6.06. The summed E-state index contributed by atoms with van der Waals surface area (Å²) in [6.45, 7) is 0. The van der Waals surface area contributed by atoms with Gasteiger partial charge in [-0.1, -0.05) is 0 Å². The molecule has 13 heavy (non-hydrogen) atoms.